The van der Waals surface area contributed by atoms with Crippen molar-refractivity contribution in [2.45, 2.75) is 19.6 Å². The Morgan fingerprint density at radius 1 is 1.12 bits per heavy atom. The van der Waals surface area contributed by atoms with Crippen LogP contribution >= 0.6 is 0 Å². The number of hydrogen-bond donors (Lipinski definition) is 2. The fourth-order valence-electron chi connectivity index (χ4n) is 3.11. The van der Waals surface area contributed by atoms with Crippen LogP contribution in [0.1, 0.15) is 37.9 Å². The molecular weight excluding hydrogens is 443 g/mol. The van der Waals surface area contributed by atoms with Gasteiger partial charge in [-0.05, 0) is 24.6 Å². The first kappa shape index (κ1) is 21.9. The van der Waals surface area contributed by atoms with Crippen LogP contribution in [0.5, 0.6) is 0 Å². The highest BCUT2D eigenvalue weighted by Crippen LogP contribution is 2.33. The summed E-state index contributed by atoms with van der Waals surface area (Å²) in [5.74, 6) is -1.53. The van der Waals surface area contributed by atoms with Gasteiger partial charge in [-0.25, -0.2) is 15.0 Å². The van der Waals surface area contributed by atoms with E-state index in [0.717, 1.165) is 6.07 Å². The minimum Gasteiger partial charge on any atom is -0.351 e. The quantitative estimate of drug-likeness (QED) is 0.470. The number of aryl methyl sites for hydroxylation is 2. The third kappa shape index (κ3) is 4.51. The minimum absolute atomic E-state index is 0.0327. The summed E-state index contributed by atoms with van der Waals surface area (Å²) in [7, 11) is 1.70. The predicted octanol–water partition coefficient (Wildman–Crippen LogP) is 2.86. The van der Waals surface area contributed by atoms with Crippen molar-refractivity contribution in [1.82, 2.24) is 30.0 Å². The van der Waals surface area contributed by atoms with Crippen molar-refractivity contribution >= 4 is 28.7 Å². The number of rotatable bonds is 5. The van der Waals surface area contributed by atoms with E-state index < -0.39 is 23.6 Å². The second kappa shape index (κ2) is 8.33. The monoisotopic (exact) mass is 459 g/mol. The molecule has 0 spiro atoms. The topological polar surface area (TPSA) is 128 Å². The smallest absolute Gasteiger partial charge is 0.351 e. The molecular formula is C20H16F3N7O3. The van der Waals surface area contributed by atoms with Gasteiger partial charge in [0, 0.05) is 18.8 Å². The zero-order valence-corrected chi connectivity index (χ0v) is 17.3. The Morgan fingerprint density at radius 2 is 1.91 bits per heavy atom. The molecule has 4 aromatic rings. The molecule has 3 heterocycles. The van der Waals surface area contributed by atoms with E-state index in [1.54, 1.807) is 11.6 Å². The van der Waals surface area contributed by atoms with Gasteiger partial charge in [-0.3, -0.25) is 9.59 Å². The zero-order chi connectivity index (χ0) is 23.8. The second-order valence-corrected chi connectivity index (χ2v) is 7.10. The molecule has 13 heteroatoms. The molecule has 0 atom stereocenters. The number of alkyl halides is 3. The maximum Gasteiger partial charge on any atom is 0.416 e. The fraction of sp³-hybridized carbons (Fsp3) is 0.200. The molecule has 1 aromatic carbocycles. The maximum atomic E-state index is 13.1. The molecule has 10 nitrogen and oxygen atoms in total. The number of benzene rings is 1. The Bertz CT molecular complexity index is 1360. The summed E-state index contributed by atoms with van der Waals surface area (Å²) in [6, 6.07) is 4.72. The number of amides is 2. The molecule has 3 aromatic heterocycles. The van der Waals surface area contributed by atoms with E-state index >= 15 is 0 Å². The van der Waals surface area contributed by atoms with Gasteiger partial charge in [0.05, 0.1) is 18.4 Å². The molecule has 33 heavy (non-hydrogen) atoms. The number of nitrogens with one attached hydrogen (secondary N) is 2. The molecule has 0 aliphatic carbocycles. The van der Waals surface area contributed by atoms with Gasteiger partial charge in [0.25, 0.3) is 11.8 Å². The average Bonchev–Trinajstić information content (AvgIpc) is 3.40. The van der Waals surface area contributed by atoms with Gasteiger partial charge < -0.3 is 19.7 Å². The number of nitrogens with zero attached hydrogens (tertiary/aromatic N) is 5. The molecule has 0 aliphatic heterocycles. The van der Waals surface area contributed by atoms with Gasteiger partial charge in [-0.15, -0.1) is 0 Å². The Hall–Kier alpha value is -4.29. The van der Waals surface area contributed by atoms with Crippen LogP contribution < -0.4 is 10.6 Å². The van der Waals surface area contributed by atoms with Gasteiger partial charge in [0.2, 0.25) is 5.76 Å². The average molecular weight is 459 g/mol. The van der Waals surface area contributed by atoms with E-state index in [2.05, 4.69) is 30.7 Å². The highest BCUT2D eigenvalue weighted by atomic mass is 19.4. The first-order valence-electron chi connectivity index (χ1n) is 9.48. The molecule has 2 amide bonds. The predicted molar refractivity (Wildman–Crippen MR) is 108 cm³/mol. The van der Waals surface area contributed by atoms with E-state index in [4.69, 9.17) is 4.52 Å². The Morgan fingerprint density at radius 3 is 2.67 bits per heavy atom. The molecule has 0 fully saturated rings. The molecule has 4 rings (SSSR count). The number of imidazole rings is 1. The lowest BCUT2D eigenvalue weighted by atomic mass is 10.1. The van der Waals surface area contributed by atoms with Crippen molar-refractivity contribution in [3.05, 3.63) is 65.2 Å². The maximum absolute atomic E-state index is 13.1. The second-order valence-electron chi connectivity index (χ2n) is 7.10. The van der Waals surface area contributed by atoms with Crippen LogP contribution in [0.2, 0.25) is 0 Å². The van der Waals surface area contributed by atoms with Crippen molar-refractivity contribution in [1.29, 1.82) is 0 Å². The summed E-state index contributed by atoms with van der Waals surface area (Å²) in [5, 5.41) is 8.65. The number of carbonyl (C=O) groups is 2. The van der Waals surface area contributed by atoms with Crippen LogP contribution in [0, 0.1) is 6.92 Å². The van der Waals surface area contributed by atoms with Gasteiger partial charge >= 0.3 is 6.18 Å². The van der Waals surface area contributed by atoms with Gasteiger partial charge in [-0.2, -0.15) is 13.2 Å². The number of aromatic nitrogens is 5. The molecule has 0 unspecified atom stereocenters. The third-order valence-corrected chi connectivity index (χ3v) is 4.74. The summed E-state index contributed by atoms with van der Waals surface area (Å²) in [6.07, 6.45) is -1.82. The summed E-state index contributed by atoms with van der Waals surface area (Å²) in [6.45, 7) is 1.24. The van der Waals surface area contributed by atoms with Crippen molar-refractivity contribution in [3.63, 3.8) is 0 Å². The van der Waals surface area contributed by atoms with Crippen LogP contribution in [0.15, 0.2) is 41.4 Å². The summed E-state index contributed by atoms with van der Waals surface area (Å²) in [5.41, 5.74) is 0.284. The number of anilines is 1. The first-order valence-corrected chi connectivity index (χ1v) is 9.48. The zero-order valence-electron chi connectivity index (χ0n) is 17.3. The van der Waals surface area contributed by atoms with Gasteiger partial charge in [0.15, 0.2) is 11.3 Å². The first-order chi connectivity index (χ1) is 15.6. The van der Waals surface area contributed by atoms with Crippen LogP contribution in [0.4, 0.5) is 18.9 Å². The van der Waals surface area contributed by atoms with E-state index in [1.165, 1.54) is 37.8 Å². The van der Waals surface area contributed by atoms with Crippen LogP contribution in [-0.2, 0) is 19.8 Å². The van der Waals surface area contributed by atoms with Crippen LogP contribution in [0.3, 0.4) is 0 Å². The van der Waals surface area contributed by atoms with Crippen LogP contribution in [-0.4, -0.2) is 36.5 Å². The largest absolute Gasteiger partial charge is 0.416 e. The van der Waals surface area contributed by atoms with Crippen LogP contribution in [0.25, 0.3) is 11.2 Å². The normalized spacial score (nSPS) is 11.5. The number of fused-ring (bicyclic) bond motifs is 1. The standard InChI is InChI=1S/C20H16F3N7O3/c1-10-3-4-11(5-13(10)20(21,22)23)28-18(31)14-6-12(29-33-14)7-24-19(32)15-16-17(26-8-25-15)27-9-30(16)2/h3-6,8-9H,7H2,1-2H3,(H,24,32)(H,28,31). The molecule has 2 N–H and O–H groups in total. The molecule has 0 radical (unpaired) electrons. The van der Waals surface area contributed by atoms with Crippen molar-refractivity contribution in [2.24, 2.45) is 7.05 Å². The fourth-order valence-corrected chi connectivity index (χ4v) is 3.11. The summed E-state index contributed by atoms with van der Waals surface area (Å²) < 4.78 is 45.8. The third-order valence-electron chi connectivity index (χ3n) is 4.74. The van der Waals surface area contributed by atoms with E-state index in [0.29, 0.717) is 11.2 Å². The summed E-state index contributed by atoms with van der Waals surface area (Å²) >= 11 is 0. The summed E-state index contributed by atoms with van der Waals surface area (Å²) in [4.78, 5) is 36.9. The number of halogens is 3. The molecule has 0 saturated carbocycles. The lowest BCUT2D eigenvalue weighted by Gasteiger charge is -2.12. The van der Waals surface area contributed by atoms with E-state index in [1.807, 2.05) is 0 Å². The Labute approximate surface area is 183 Å². The van der Waals surface area contributed by atoms with E-state index in [9.17, 15) is 22.8 Å². The highest BCUT2D eigenvalue weighted by Gasteiger charge is 2.32. The molecule has 170 valence electrons. The Balaban J connectivity index is 1.42. The highest BCUT2D eigenvalue weighted by molar-refractivity contribution is 6.03. The van der Waals surface area contributed by atoms with E-state index in [-0.39, 0.29) is 34.9 Å². The van der Waals surface area contributed by atoms with Crippen molar-refractivity contribution < 1.29 is 27.3 Å². The molecule has 0 saturated heterocycles. The van der Waals surface area contributed by atoms with Crippen molar-refractivity contribution in [2.75, 3.05) is 5.32 Å². The molecule has 0 bridgehead atoms. The number of hydrogen-bond acceptors (Lipinski definition) is 7. The molecule has 0 aliphatic rings. The van der Waals surface area contributed by atoms with Gasteiger partial charge in [0.1, 0.15) is 17.5 Å². The minimum atomic E-state index is -4.55. The van der Waals surface area contributed by atoms with Gasteiger partial charge in [-0.1, -0.05) is 11.2 Å². The lowest BCUT2D eigenvalue weighted by Crippen LogP contribution is -2.24. The Kier molecular flexibility index (Phi) is 5.54. The van der Waals surface area contributed by atoms with Crippen molar-refractivity contribution in [3.8, 4) is 0 Å². The SMILES string of the molecule is Cc1ccc(NC(=O)c2cc(CNC(=O)c3ncnc4ncn(C)c34)no2)cc1C(F)(F)F. The lowest BCUT2D eigenvalue weighted by molar-refractivity contribution is -0.138. The number of carbonyl (C=O) groups excluding carboxylic acids is 2.